The summed E-state index contributed by atoms with van der Waals surface area (Å²) in [5.41, 5.74) is -2.11. The summed E-state index contributed by atoms with van der Waals surface area (Å²) in [5, 5.41) is 14.7. The first-order chi connectivity index (χ1) is 23.5. The number of phenols is 1. The number of likely N-dealkylation sites (tertiary alicyclic amines) is 1. The summed E-state index contributed by atoms with van der Waals surface area (Å²) >= 11 is 0. The summed E-state index contributed by atoms with van der Waals surface area (Å²) in [5.74, 6) is -2.91. The summed E-state index contributed by atoms with van der Waals surface area (Å²) < 4.78 is 82.3. The fraction of sp³-hybridized carbons (Fsp3) is 0.459. The lowest BCUT2D eigenvalue weighted by atomic mass is 9.92. The predicted molar refractivity (Wildman–Crippen MR) is 174 cm³/mol. The third kappa shape index (κ3) is 4.99. The molecule has 4 heterocycles. The van der Waals surface area contributed by atoms with Gasteiger partial charge >= 0.3 is 6.01 Å². The van der Waals surface area contributed by atoms with E-state index < -0.39 is 34.4 Å². The second-order valence-electron chi connectivity index (χ2n) is 14.9. The van der Waals surface area contributed by atoms with Gasteiger partial charge in [0, 0.05) is 66.4 Å². The minimum absolute atomic E-state index is 0.0486. The topological polar surface area (TPSA) is 73.8 Å². The quantitative estimate of drug-likeness (QED) is 0.174. The van der Waals surface area contributed by atoms with E-state index in [0.717, 1.165) is 31.7 Å². The van der Waals surface area contributed by atoms with Crippen molar-refractivity contribution in [2.24, 2.45) is 10.8 Å². The summed E-state index contributed by atoms with van der Waals surface area (Å²) in [6.45, 7) is 3.00. The van der Waals surface area contributed by atoms with Crippen LogP contribution in [0.25, 0.3) is 32.8 Å². The molecule has 5 fully saturated rings. The molecule has 7 nitrogen and oxygen atoms in total. The largest absolute Gasteiger partial charge is 0.508 e. The molecule has 9 rings (SSSR count). The highest BCUT2D eigenvalue weighted by molar-refractivity contribution is 6.04. The molecule has 3 unspecified atom stereocenters. The number of phenolic OH excluding ortho intramolecular Hbond substituents is 1. The maximum atomic E-state index is 16.9. The van der Waals surface area contributed by atoms with E-state index in [2.05, 4.69) is 21.1 Å². The Balaban J connectivity index is 1.12. The van der Waals surface area contributed by atoms with Gasteiger partial charge in [-0.15, -0.1) is 6.42 Å². The SMILES string of the molecule is C#Cc1c(F)ccc2cc(O)cc(-c3c(F)cc4c(N5CC6CCC(C5)N6)nc(OCC5(CN6CCC7(C6)CC7(F)F)CC5)nc4c3F)c12. The number of halogens is 5. The first-order valence-corrected chi connectivity index (χ1v) is 16.8. The normalized spacial score (nSPS) is 26.5. The van der Waals surface area contributed by atoms with Gasteiger partial charge in [0.05, 0.1) is 23.1 Å². The molecule has 4 aromatic rings. The molecule has 0 radical (unpaired) electrons. The molecule has 3 aromatic carbocycles. The minimum Gasteiger partial charge on any atom is -0.508 e. The Kier molecular flexibility index (Phi) is 6.70. The number of fused-ring (bicyclic) bond motifs is 4. The van der Waals surface area contributed by atoms with Gasteiger partial charge in [-0.1, -0.05) is 12.0 Å². The molecule has 2 N–H and O–H groups in total. The number of nitrogens with one attached hydrogen (secondary N) is 1. The standard InChI is InChI=1S/C37H34F5N5O2/c1-2-24-27(38)6-3-20-11-23(48)12-25(29(20)24)30-28(39)13-26-32(31(30)40)44-34(45-33(26)47-14-21-4-5-22(15-47)43-21)49-19-35(7-8-35)17-46-10-9-36(18-46)16-37(36,41)42/h1,3,6,11-13,21-22,43,48H,4-5,7-10,14-19H2. The Morgan fingerprint density at radius 2 is 1.78 bits per heavy atom. The number of hydrogen-bond acceptors (Lipinski definition) is 7. The van der Waals surface area contributed by atoms with Crippen LogP contribution in [0, 0.1) is 40.6 Å². The first-order valence-electron chi connectivity index (χ1n) is 16.8. The van der Waals surface area contributed by atoms with Crippen molar-refractivity contribution in [1.82, 2.24) is 20.2 Å². The number of aromatic hydroxyl groups is 1. The van der Waals surface area contributed by atoms with Crippen LogP contribution < -0.4 is 15.0 Å². The number of piperazine rings is 1. The molecule has 1 aromatic heterocycles. The van der Waals surface area contributed by atoms with Crippen LogP contribution in [0.5, 0.6) is 11.8 Å². The third-order valence-electron chi connectivity index (χ3n) is 11.5. The van der Waals surface area contributed by atoms with Crippen molar-refractivity contribution in [2.45, 2.75) is 56.5 Å². The number of ether oxygens (including phenoxy) is 1. The molecule has 5 aliphatic rings. The van der Waals surface area contributed by atoms with E-state index in [1.807, 2.05) is 4.90 Å². The number of aromatic nitrogens is 2. The van der Waals surface area contributed by atoms with Crippen LogP contribution in [0.1, 0.15) is 44.1 Å². The predicted octanol–water partition coefficient (Wildman–Crippen LogP) is 6.38. The summed E-state index contributed by atoms with van der Waals surface area (Å²) in [6.07, 6.45) is 9.76. The zero-order valence-corrected chi connectivity index (χ0v) is 26.6. The molecule has 2 bridgehead atoms. The van der Waals surface area contributed by atoms with E-state index in [0.29, 0.717) is 50.3 Å². The fourth-order valence-electron chi connectivity index (χ4n) is 8.58. The van der Waals surface area contributed by atoms with E-state index in [-0.39, 0.29) is 69.7 Å². The summed E-state index contributed by atoms with van der Waals surface area (Å²) in [4.78, 5) is 13.3. The maximum absolute atomic E-state index is 16.9. The zero-order chi connectivity index (χ0) is 33.9. The molecule has 3 aliphatic heterocycles. The summed E-state index contributed by atoms with van der Waals surface area (Å²) in [6, 6.07) is 6.58. The van der Waals surface area contributed by atoms with Crippen LogP contribution in [0.3, 0.4) is 0 Å². The Hall–Kier alpha value is -4.21. The molecular weight excluding hydrogens is 641 g/mol. The number of hydrogen-bond donors (Lipinski definition) is 2. The highest BCUT2D eigenvalue weighted by Gasteiger charge is 2.72. The Morgan fingerprint density at radius 1 is 1.02 bits per heavy atom. The van der Waals surface area contributed by atoms with Crippen molar-refractivity contribution in [3.05, 3.63) is 53.3 Å². The molecule has 2 aliphatic carbocycles. The summed E-state index contributed by atoms with van der Waals surface area (Å²) in [7, 11) is 0. The maximum Gasteiger partial charge on any atom is 0.319 e. The van der Waals surface area contributed by atoms with E-state index >= 15 is 8.78 Å². The molecular formula is C37H34F5N5O2. The lowest BCUT2D eigenvalue weighted by Gasteiger charge is -2.34. The first kappa shape index (κ1) is 30.8. The lowest BCUT2D eigenvalue weighted by Crippen LogP contribution is -2.51. The van der Waals surface area contributed by atoms with Crippen LogP contribution in [-0.4, -0.2) is 77.3 Å². The average molecular weight is 676 g/mol. The van der Waals surface area contributed by atoms with Crippen LogP contribution in [0.4, 0.5) is 27.8 Å². The van der Waals surface area contributed by atoms with Crippen LogP contribution in [0.2, 0.25) is 0 Å². The molecule has 3 atom stereocenters. The number of benzene rings is 3. The number of alkyl halides is 2. The van der Waals surface area contributed by atoms with Gasteiger partial charge in [0.25, 0.3) is 5.92 Å². The molecule has 2 saturated carbocycles. The lowest BCUT2D eigenvalue weighted by molar-refractivity contribution is 0.0644. The number of rotatable bonds is 7. The van der Waals surface area contributed by atoms with Gasteiger partial charge in [-0.05, 0) is 68.3 Å². The molecule has 1 spiro atoms. The Labute approximate surface area is 279 Å². The highest BCUT2D eigenvalue weighted by atomic mass is 19.3. The second kappa shape index (κ2) is 10.6. The number of nitrogens with zero attached hydrogens (tertiary/aromatic N) is 4. The van der Waals surface area contributed by atoms with Crippen molar-refractivity contribution in [2.75, 3.05) is 44.2 Å². The molecule has 254 valence electrons. The molecule has 0 amide bonds. The Bertz CT molecular complexity index is 2090. The van der Waals surface area contributed by atoms with Gasteiger partial charge in [0.15, 0.2) is 5.82 Å². The fourth-order valence-corrected chi connectivity index (χ4v) is 8.58. The van der Waals surface area contributed by atoms with Crippen LogP contribution in [-0.2, 0) is 0 Å². The number of terminal acetylenes is 1. The Morgan fingerprint density at radius 3 is 2.45 bits per heavy atom. The van der Waals surface area contributed by atoms with E-state index in [9.17, 15) is 18.3 Å². The van der Waals surface area contributed by atoms with Crippen molar-refractivity contribution in [3.8, 4) is 35.2 Å². The second-order valence-corrected chi connectivity index (χ2v) is 14.9. The van der Waals surface area contributed by atoms with Gasteiger partial charge in [-0.25, -0.2) is 22.0 Å². The highest BCUT2D eigenvalue weighted by Crippen LogP contribution is 2.65. The van der Waals surface area contributed by atoms with Crippen molar-refractivity contribution >= 4 is 27.5 Å². The van der Waals surface area contributed by atoms with Gasteiger partial charge in [-0.3, -0.25) is 0 Å². The minimum atomic E-state index is -2.59. The van der Waals surface area contributed by atoms with E-state index in [4.69, 9.17) is 16.1 Å². The van der Waals surface area contributed by atoms with Crippen molar-refractivity contribution < 1.29 is 31.8 Å². The molecule has 49 heavy (non-hydrogen) atoms. The smallest absolute Gasteiger partial charge is 0.319 e. The molecule has 3 saturated heterocycles. The van der Waals surface area contributed by atoms with Crippen LogP contribution >= 0.6 is 0 Å². The van der Waals surface area contributed by atoms with Gasteiger partial charge in [0.2, 0.25) is 0 Å². The van der Waals surface area contributed by atoms with E-state index in [1.54, 1.807) is 0 Å². The zero-order valence-electron chi connectivity index (χ0n) is 26.6. The average Bonchev–Trinajstić information content (AvgIpc) is 3.82. The van der Waals surface area contributed by atoms with Gasteiger partial charge in [-0.2, -0.15) is 9.97 Å². The van der Waals surface area contributed by atoms with Crippen molar-refractivity contribution in [3.63, 3.8) is 0 Å². The van der Waals surface area contributed by atoms with Crippen LogP contribution in [0.15, 0.2) is 30.3 Å². The monoisotopic (exact) mass is 675 g/mol. The third-order valence-corrected chi connectivity index (χ3v) is 11.5. The van der Waals surface area contributed by atoms with Gasteiger partial charge < -0.3 is 25.0 Å². The van der Waals surface area contributed by atoms with Gasteiger partial charge in [0.1, 0.15) is 28.7 Å². The van der Waals surface area contributed by atoms with Crippen molar-refractivity contribution in [1.29, 1.82) is 0 Å². The van der Waals surface area contributed by atoms with E-state index in [1.165, 1.54) is 24.3 Å². The molecule has 12 heteroatoms. The number of anilines is 1.